The number of carbonyl (C=O) groups is 2. The highest BCUT2D eigenvalue weighted by Crippen LogP contribution is 2.38. The van der Waals surface area contributed by atoms with E-state index in [1.165, 1.54) is 23.3 Å². The molecular formula is C14H18N2O3S. The molecule has 0 saturated heterocycles. The number of amides is 2. The Morgan fingerprint density at radius 1 is 1.25 bits per heavy atom. The first kappa shape index (κ1) is 13.4. The molecule has 6 heteroatoms. The van der Waals surface area contributed by atoms with Crippen LogP contribution in [0.15, 0.2) is 0 Å². The lowest BCUT2D eigenvalue weighted by molar-refractivity contribution is 0.0951. The maximum Gasteiger partial charge on any atom is 0.411 e. The third-order valence-electron chi connectivity index (χ3n) is 3.71. The Labute approximate surface area is 121 Å². The molecule has 0 radical (unpaired) electrons. The van der Waals surface area contributed by atoms with Gasteiger partial charge in [0.1, 0.15) is 5.00 Å². The van der Waals surface area contributed by atoms with Crippen molar-refractivity contribution in [2.75, 3.05) is 12.4 Å². The van der Waals surface area contributed by atoms with Gasteiger partial charge in [0.15, 0.2) is 0 Å². The largest absolute Gasteiger partial charge is 0.453 e. The van der Waals surface area contributed by atoms with Gasteiger partial charge in [-0.1, -0.05) is 0 Å². The smallest absolute Gasteiger partial charge is 0.411 e. The van der Waals surface area contributed by atoms with E-state index in [4.69, 9.17) is 0 Å². The van der Waals surface area contributed by atoms with Crippen molar-refractivity contribution in [2.45, 2.75) is 44.6 Å². The van der Waals surface area contributed by atoms with E-state index in [1.54, 1.807) is 0 Å². The molecule has 2 N–H and O–H groups in total. The van der Waals surface area contributed by atoms with Gasteiger partial charge in [-0.05, 0) is 44.1 Å². The molecule has 5 nitrogen and oxygen atoms in total. The van der Waals surface area contributed by atoms with Crippen molar-refractivity contribution in [3.05, 3.63) is 16.0 Å². The first-order valence-corrected chi connectivity index (χ1v) is 7.81. The lowest BCUT2D eigenvalue weighted by Crippen LogP contribution is -2.27. The van der Waals surface area contributed by atoms with Crippen LogP contribution in [0.4, 0.5) is 9.80 Å². The molecule has 1 fully saturated rings. The van der Waals surface area contributed by atoms with Crippen LogP contribution >= 0.6 is 11.3 Å². The average molecular weight is 294 g/mol. The van der Waals surface area contributed by atoms with Gasteiger partial charge in [-0.15, -0.1) is 11.3 Å². The molecule has 1 aromatic heterocycles. The van der Waals surface area contributed by atoms with Gasteiger partial charge in [-0.3, -0.25) is 10.1 Å². The lowest BCUT2D eigenvalue weighted by Gasteiger charge is -2.13. The minimum absolute atomic E-state index is 0.0571. The standard InChI is InChI=1S/C14H18N2O3S/c1-19-14(18)16-13-11(12(17)15-8-6-7-8)9-4-2-3-5-10(9)20-13/h8H,2-7H2,1H3,(H,15,17)(H,16,18). The number of carbonyl (C=O) groups excluding carboxylic acids is 2. The Morgan fingerprint density at radius 2 is 2.00 bits per heavy atom. The number of nitrogens with one attached hydrogen (secondary N) is 2. The maximum absolute atomic E-state index is 12.4. The van der Waals surface area contributed by atoms with Crippen LogP contribution in [0, 0.1) is 0 Å². The normalized spacial score (nSPS) is 17.2. The Balaban J connectivity index is 1.92. The molecule has 1 saturated carbocycles. The summed E-state index contributed by atoms with van der Waals surface area (Å²) in [5, 5.41) is 6.33. The molecule has 108 valence electrons. The van der Waals surface area contributed by atoms with Gasteiger partial charge >= 0.3 is 6.09 Å². The summed E-state index contributed by atoms with van der Waals surface area (Å²) in [5.74, 6) is -0.0571. The SMILES string of the molecule is COC(=O)Nc1sc2c(c1C(=O)NC1CC1)CCCC2. The molecule has 2 aliphatic carbocycles. The van der Waals surface area contributed by atoms with E-state index in [0.717, 1.165) is 44.1 Å². The molecular weight excluding hydrogens is 276 g/mol. The van der Waals surface area contributed by atoms with E-state index in [-0.39, 0.29) is 5.91 Å². The van der Waals surface area contributed by atoms with Crippen LogP contribution < -0.4 is 10.6 Å². The number of ether oxygens (including phenoxy) is 1. The van der Waals surface area contributed by atoms with Crippen molar-refractivity contribution < 1.29 is 14.3 Å². The predicted octanol–water partition coefficient (Wildman–Crippen LogP) is 2.70. The summed E-state index contributed by atoms with van der Waals surface area (Å²) < 4.78 is 4.64. The second kappa shape index (κ2) is 5.44. The van der Waals surface area contributed by atoms with Crippen molar-refractivity contribution in [3.63, 3.8) is 0 Å². The minimum Gasteiger partial charge on any atom is -0.453 e. The minimum atomic E-state index is -0.524. The van der Waals surface area contributed by atoms with Gasteiger partial charge < -0.3 is 10.1 Å². The highest BCUT2D eigenvalue weighted by molar-refractivity contribution is 7.17. The summed E-state index contributed by atoms with van der Waals surface area (Å²) in [6.45, 7) is 0. The van der Waals surface area contributed by atoms with E-state index in [0.29, 0.717) is 16.6 Å². The fourth-order valence-electron chi connectivity index (χ4n) is 2.52. The molecule has 2 aliphatic rings. The summed E-state index contributed by atoms with van der Waals surface area (Å²) in [6, 6.07) is 0.313. The molecule has 20 heavy (non-hydrogen) atoms. The van der Waals surface area contributed by atoms with Crippen LogP contribution in [-0.2, 0) is 17.6 Å². The van der Waals surface area contributed by atoms with Crippen LogP contribution in [0.25, 0.3) is 0 Å². The molecule has 0 bridgehead atoms. The average Bonchev–Trinajstić information content (AvgIpc) is 3.17. The summed E-state index contributed by atoms with van der Waals surface area (Å²) in [5.41, 5.74) is 1.77. The summed E-state index contributed by atoms with van der Waals surface area (Å²) >= 11 is 1.51. The fourth-order valence-corrected chi connectivity index (χ4v) is 3.80. The van der Waals surface area contributed by atoms with Crippen molar-refractivity contribution >= 4 is 28.3 Å². The molecule has 0 spiro atoms. The van der Waals surface area contributed by atoms with E-state index in [9.17, 15) is 9.59 Å². The lowest BCUT2D eigenvalue weighted by atomic mass is 9.95. The van der Waals surface area contributed by atoms with Gasteiger partial charge in [0.05, 0.1) is 12.7 Å². The van der Waals surface area contributed by atoms with Gasteiger partial charge in [-0.25, -0.2) is 4.79 Å². The predicted molar refractivity (Wildman–Crippen MR) is 77.5 cm³/mol. The van der Waals surface area contributed by atoms with Gasteiger partial charge in [-0.2, -0.15) is 0 Å². The highest BCUT2D eigenvalue weighted by atomic mass is 32.1. The Kier molecular flexibility index (Phi) is 3.65. The van der Waals surface area contributed by atoms with Crippen molar-refractivity contribution in [1.29, 1.82) is 0 Å². The van der Waals surface area contributed by atoms with E-state index < -0.39 is 6.09 Å². The first-order chi connectivity index (χ1) is 9.69. The van der Waals surface area contributed by atoms with Gasteiger partial charge in [0.2, 0.25) is 0 Å². The Bertz CT molecular complexity index is 549. The zero-order valence-electron chi connectivity index (χ0n) is 11.5. The number of aryl methyl sites for hydroxylation is 1. The summed E-state index contributed by atoms with van der Waals surface area (Å²) in [6.07, 6.45) is 5.74. The maximum atomic E-state index is 12.4. The molecule has 1 aromatic rings. The molecule has 0 unspecified atom stereocenters. The first-order valence-electron chi connectivity index (χ1n) is 6.99. The molecule has 0 aliphatic heterocycles. The van der Waals surface area contributed by atoms with Gasteiger partial charge in [0, 0.05) is 10.9 Å². The van der Waals surface area contributed by atoms with E-state index in [2.05, 4.69) is 15.4 Å². The third kappa shape index (κ3) is 2.65. The van der Waals surface area contributed by atoms with Crippen LogP contribution in [0.5, 0.6) is 0 Å². The molecule has 1 heterocycles. The van der Waals surface area contributed by atoms with Crippen molar-refractivity contribution in [3.8, 4) is 0 Å². The summed E-state index contributed by atoms with van der Waals surface area (Å²) in [4.78, 5) is 25.1. The van der Waals surface area contributed by atoms with Crippen molar-refractivity contribution in [2.24, 2.45) is 0 Å². The van der Waals surface area contributed by atoms with Crippen LogP contribution in [0.2, 0.25) is 0 Å². The van der Waals surface area contributed by atoms with Crippen LogP contribution in [0.1, 0.15) is 46.5 Å². The number of rotatable bonds is 3. The summed E-state index contributed by atoms with van der Waals surface area (Å²) in [7, 11) is 1.33. The number of methoxy groups -OCH3 is 1. The zero-order chi connectivity index (χ0) is 14.1. The van der Waals surface area contributed by atoms with Crippen LogP contribution in [0.3, 0.4) is 0 Å². The second-order valence-electron chi connectivity index (χ2n) is 5.28. The monoisotopic (exact) mass is 294 g/mol. The number of anilines is 1. The van der Waals surface area contributed by atoms with Crippen LogP contribution in [-0.4, -0.2) is 25.2 Å². The zero-order valence-corrected chi connectivity index (χ0v) is 12.3. The molecule has 0 atom stereocenters. The highest BCUT2D eigenvalue weighted by Gasteiger charge is 2.30. The molecule has 0 aromatic carbocycles. The number of hydrogen-bond donors (Lipinski definition) is 2. The quantitative estimate of drug-likeness (QED) is 0.900. The van der Waals surface area contributed by atoms with E-state index >= 15 is 0 Å². The Morgan fingerprint density at radius 3 is 2.70 bits per heavy atom. The Hall–Kier alpha value is -1.56. The number of fused-ring (bicyclic) bond motifs is 1. The topological polar surface area (TPSA) is 67.4 Å². The van der Waals surface area contributed by atoms with Gasteiger partial charge in [0.25, 0.3) is 5.91 Å². The molecule has 3 rings (SSSR count). The van der Waals surface area contributed by atoms with Crippen molar-refractivity contribution in [1.82, 2.24) is 5.32 Å². The fraction of sp³-hybridized carbons (Fsp3) is 0.571. The number of thiophene rings is 1. The third-order valence-corrected chi connectivity index (χ3v) is 4.92. The number of hydrogen-bond acceptors (Lipinski definition) is 4. The molecule has 2 amide bonds. The second-order valence-corrected chi connectivity index (χ2v) is 6.38. The van der Waals surface area contributed by atoms with E-state index in [1.807, 2.05) is 0 Å².